The molecule has 2 heterocycles. The molecule has 0 saturated heterocycles. The van der Waals surface area contributed by atoms with Crippen molar-refractivity contribution in [2.75, 3.05) is 5.32 Å². The van der Waals surface area contributed by atoms with Crippen molar-refractivity contribution >= 4 is 40.1 Å². The van der Waals surface area contributed by atoms with Crippen molar-refractivity contribution in [3.63, 3.8) is 0 Å². The van der Waals surface area contributed by atoms with Crippen LogP contribution in [0.2, 0.25) is 0 Å². The standard InChI is InChI=1S/C27H23FN4O2S/c1-17-7-9-18(10-8-17)22-15-23(19-11-13-20(28)14-12-19)32(31-22)27-30-26(34)24(35-27)16-25(33)29-21-5-3-2-4-6-21/h2-14,23-24H,15-16H2,1H3,(H,29,33)/t23-,24+/m1/s1. The Morgan fingerprint density at radius 3 is 2.49 bits per heavy atom. The number of hydrazone groups is 1. The van der Waals surface area contributed by atoms with Gasteiger partial charge < -0.3 is 5.32 Å². The molecule has 0 unspecified atom stereocenters. The average molecular weight is 487 g/mol. The fourth-order valence-corrected chi connectivity index (χ4v) is 5.12. The van der Waals surface area contributed by atoms with Crippen LogP contribution in [0.5, 0.6) is 0 Å². The molecule has 2 amide bonds. The monoisotopic (exact) mass is 486 g/mol. The highest BCUT2D eigenvalue weighted by atomic mass is 32.2. The van der Waals surface area contributed by atoms with E-state index >= 15 is 0 Å². The van der Waals surface area contributed by atoms with Crippen LogP contribution in [0.25, 0.3) is 0 Å². The minimum absolute atomic E-state index is 0.00891. The van der Waals surface area contributed by atoms with E-state index in [9.17, 15) is 14.0 Å². The van der Waals surface area contributed by atoms with E-state index in [1.807, 2.05) is 49.4 Å². The molecule has 1 N–H and O–H groups in total. The largest absolute Gasteiger partial charge is 0.326 e. The number of thioether (sulfide) groups is 1. The highest BCUT2D eigenvalue weighted by Gasteiger charge is 2.39. The molecule has 0 radical (unpaired) electrons. The summed E-state index contributed by atoms with van der Waals surface area (Å²) in [5.74, 6) is -0.922. The first kappa shape index (κ1) is 23.0. The first-order valence-corrected chi connectivity index (χ1v) is 12.2. The van der Waals surface area contributed by atoms with Crippen molar-refractivity contribution in [3.8, 4) is 0 Å². The highest BCUT2D eigenvalue weighted by Crippen LogP contribution is 2.38. The van der Waals surface area contributed by atoms with Crippen molar-refractivity contribution in [1.29, 1.82) is 0 Å². The van der Waals surface area contributed by atoms with Crippen LogP contribution in [0, 0.1) is 12.7 Å². The maximum Gasteiger partial charge on any atom is 0.262 e. The zero-order chi connectivity index (χ0) is 24.4. The summed E-state index contributed by atoms with van der Waals surface area (Å²) in [4.78, 5) is 29.5. The Kier molecular flexibility index (Phi) is 6.46. The Hall–Kier alpha value is -3.78. The van der Waals surface area contributed by atoms with Gasteiger partial charge in [0.25, 0.3) is 5.91 Å². The topological polar surface area (TPSA) is 74.1 Å². The van der Waals surface area contributed by atoms with E-state index < -0.39 is 5.25 Å². The predicted octanol–water partition coefficient (Wildman–Crippen LogP) is 5.31. The molecule has 3 aromatic carbocycles. The molecule has 6 nitrogen and oxygen atoms in total. The zero-order valence-electron chi connectivity index (χ0n) is 19.0. The number of aryl methyl sites for hydroxylation is 1. The number of carbonyl (C=O) groups excluding carboxylic acids is 2. The Balaban J connectivity index is 1.36. The Bertz CT molecular complexity index is 1310. The second kappa shape index (κ2) is 9.84. The summed E-state index contributed by atoms with van der Waals surface area (Å²) in [6.07, 6.45) is 0.594. The molecular weight excluding hydrogens is 463 g/mol. The number of hydrogen-bond acceptors (Lipinski definition) is 5. The number of hydrogen-bond donors (Lipinski definition) is 1. The number of amidine groups is 1. The Morgan fingerprint density at radius 2 is 1.77 bits per heavy atom. The van der Waals surface area contributed by atoms with Crippen LogP contribution in [-0.4, -0.2) is 33.0 Å². The van der Waals surface area contributed by atoms with Gasteiger partial charge in [-0.1, -0.05) is 71.9 Å². The van der Waals surface area contributed by atoms with Crippen LogP contribution >= 0.6 is 11.8 Å². The van der Waals surface area contributed by atoms with Crippen LogP contribution in [0.15, 0.2) is 89.0 Å². The van der Waals surface area contributed by atoms with Crippen LogP contribution in [0.4, 0.5) is 10.1 Å². The van der Waals surface area contributed by atoms with Crippen molar-refractivity contribution in [2.45, 2.75) is 31.1 Å². The first-order chi connectivity index (χ1) is 17.0. The Labute approximate surface area is 207 Å². The first-order valence-electron chi connectivity index (χ1n) is 11.3. The molecule has 5 rings (SSSR count). The molecule has 0 bridgehead atoms. The van der Waals surface area contributed by atoms with Gasteiger partial charge in [0.1, 0.15) is 11.1 Å². The van der Waals surface area contributed by atoms with Gasteiger partial charge in [-0.15, -0.1) is 0 Å². The van der Waals surface area contributed by atoms with Gasteiger partial charge in [0.2, 0.25) is 5.91 Å². The molecule has 35 heavy (non-hydrogen) atoms. The highest BCUT2D eigenvalue weighted by molar-refractivity contribution is 8.15. The molecule has 2 atom stereocenters. The maximum absolute atomic E-state index is 13.6. The van der Waals surface area contributed by atoms with Crippen molar-refractivity contribution in [3.05, 3.63) is 101 Å². The third-order valence-corrected chi connectivity index (χ3v) is 7.05. The molecule has 0 aliphatic carbocycles. The molecule has 2 aliphatic heterocycles. The van der Waals surface area contributed by atoms with Gasteiger partial charge >= 0.3 is 0 Å². The Morgan fingerprint density at radius 1 is 1.06 bits per heavy atom. The zero-order valence-corrected chi connectivity index (χ0v) is 19.8. The number of carbonyl (C=O) groups is 2. The normalized spacial score (nSPS) is 19.5. The summed E-state index contributed by atoms with van der Waals surface area (Å²) in [7, 11) is 0. The molecule has 3 aromatic rings. The number of halogens is 1. The number of aliphatic imine (C=N–C) groups is 1. The second-order valence-electron chi connectivity index (χ2n) is 8.49. The van der Waals surface area contributed by atoms with Gasteiger partial charge in [-0.25, -0.2) is 9.40 Å². The molecular formula is C27H23FN4O2S. The molecule has 0 saturated carbocycles. The van der Waals surface area contributed by atoms with E-state index in [0.29, 0.717) is 17.3 Å². The van der Waals surface area contributed by atoms with Gasteiger partial charge in [-0.2, -0.15) is 10.1 Å². The predicted molar refractivity (Wildman–Crippen MR) is 137 cm³/mol. The fourth-order valence-electron chi connectivity index (χ4n) is 4.06. The molecule has 0 aromatic heterocycles. The number of benzene rings is 3. The third-order valence-electron chi connectivity index (χ3n) is 5.90. The van der Waals surface area contributed by atoms with Crippen molar-refractivity contribution in [1.82, 2.24) is 5.01 Å². The minimum Gasteiger partial charge on any atom is -0.326 e. The number of anilines is 1. The van der Waals surface area contributed by atoms with E-state index in [1.54, 1.807) is 29.3 Å². The van der Waals surface area contributed by atoms with Gasteiger partial charge in [0, 0.05) is 18.5 Å². The quantitative estimate of drug-likeness (QED) is 0.530. The lowest BCUT2D eigenvalue weighted by Crippen LogP contribution is -2.25. The molecule has 8 heteroatoms. The fraction of sp³-hybridized carbons (Fsp3) is 0.185. The van der Waals surface area contributed by atoms with Gasteiger partial charge in [-0.05, 0) is 42.3 Å². The van der Waals surface area contributed by atoms with E-state index in [0.717, 1.165) is 22.4 Å². The molecule has 2 aliphatic rings. The SMILES string of the molecule is Cc1ccc(C2=NN(C3=NC(=O)[C@H](CC(=O)Nc4ccccc4)S3)[C@@H](c3ccc(F)cc3)C2)cc1. The van der Waals surface area contributed by atoms with E-state index in [4.69, 9.17) is 5.10 Å². The minimum atomic E-state index is -0.624. The third kappa shape index (κ3) is 5.17. The molecule has 0 fully saturated rings. The van der Waals surface area contributed by atoms with Crippen LogP contribution < -0.4 is 5.32 Å². The summed E-state index contributed by atoms with van der Waals surface area (Å²) >= 11 is 1.24. The summed E-state index contributed by atoms with van der Waals surface area (Å²) in [6.45, 7) is 2.03. The van der Waals surface area contributed by atoms with E-state index in [1.165, 1.54) is 23.9 Å². The molecule has 0 spiro atoms. The maximum atomic E-state index is 13.6. The lowest BCUT2D eigenvalue weighted by atomic mass is 9.98. The van der Waals surface area contributed by atoms with Gasteiger partial charge in [0.05, 0.1) is 11.8 Å². The number of nitrogens with zero attached hydrogens (tertiary/aromatic N) is 3. The summed E-state index contributed by atoms with van der Waals surface area (Å²) < 4.78 is 13.6. The number of amides is 2. The van der Waals surface area contributed by atoms with Gasteiger partial charge in [0.15, 0.2) is 5.17 Å². The van der Waals surface area contributed by atoms with Crippen LogP contribution in [0.3, 0.4) is 0 Å². The summed E-state index contributed by atoms with van der Waals surface area (Å²) in [5, 5.41) is 9.19. The van der Waals surface area contributed by atoms with E-state index in [-0.39, 0.29) is 30.1 Å². The average Bonchev–Trinajstić information content (AvgIpc) is 3.45. The van der Waals surface area contributed by atoms with Crippen LogP contribution in [-0.2, 0) is 9.59 Å². The van der Waals surface area contributed by atoms with E-state index in [2.05, 4.69) is 10.3 Å². The molecule has 176 valence electrons. The lowest BCUT2D eigenvalue weighted by molar-refractivity contribution is -0.121. The smallest absolute Gasteiger partial charge is 0.262 e. The summed E-state index contributed by atoms with van der Waals surface area (Å²) in [6, 6.07) is 23.3. The lowest BCUT2D eigenvalue weighted by Gasteiger charge is -2.23. The van der Waals surface area contributed by atoms with Crippen LogP contribution in [0.1, 0.15) is 35.6 Å². The second-order valence-corrected chi connectivity index (χ2v) is 9.66. The van der Waals surface area contributed by atoms with Gasteiger partial charge in [-0.3, -0.25) is 9.59 Å². The van der Waals surface area contributed by atoms with Crippen molar-refractivity contribution in [2.24, 2.45) is 10.1 Å². The number of rotatable bonds is 5. The summed E-state index contributed by atoms with van der Waals surface area (Å²) in [5.41, 5.74) is 4.55. The number of nitrogens with one attached hydrogen (secondary N) is 1. The van der Waals surface area contributed by atoms with Crippen molar-refractivity contribution < 1.29 is 14.0 Å². The number of para-hydroxylation sites is 1.